The zero-order valence-corrected chi connectivity index (χ0v) is 17.6. The van der Waals surface area contributed by atoms with Gasteiger partial charge in [0.1, 0.15) is 17.6 Å². The van der Waals surface area contributed by atoms with Crippen molar-refractivity contribution in [3.63, 3.8) is 0 Å². The van der Waals surface area contributed by atoms with Gasteiger partial charge in [-0.05, 0) is 36.4 Å². The Hall–Kier alpha value is -3.04. The molecule has 30 heavy (non-hydrogen) atoms. The Morgan fingerprint density at radius 1 is 1.07 bits per heavy atom. The van der Waals surface area contributed by atoms with E-state index in [0.29, 0.717) is 0 Å². The first kappa shape index (κ1) is 21.7. The molecule has 0 saturated carbocycles. The predicted octanol–water partition coefficient (Wildman–Crippen LogP) is 3.54. The Balaban J connectivity index is 1.93. The molecule has 1 amide bonds. The molecular weight excluding hydrogens is 430 g/mol. The number of amides is 1. The van der Waals surface area contributed by atoms with Gasteiger partial charge in [0.25, 0.3) is 0 Å². The summed E-state index contributed by atoms with van der Waals surface area (Å²) in [5.74, 6) is -4.07. The summed E-state index contributed by atoms with van der Waals surface area (Å²) < 4.78 is 28.4. The largest absolute Gasteiger partial charge is 0.478 e. The van der Waals surface area contributed by atoms with Gasteiger partial charge in [0, 0.05) is 21.4 Å². The predicted molar refractivity (Wildman–Crippen MR) is 114 cm³/mol. The van der Waals surface area contributed by atoms with Gasteiger partial charge in [-0.1, -0.05) is 30.3 Å². The minimum absolute atomic E-state index is 0.000852. The van der Waals surface area contributed by atoms with Crippen LogP contribution in [-0.2, 0) is 4.79 Å². The van der Waals surface area contributed by atoms with E-state index < -0.39 is 23.5 Å². The number of aromatic carboxylic acids is 1. The van der Waals surface area contributed by atoms with Crippen molar-refractivity contribution in [3.05, 3.63) is 70.6 Å². The summed E-state index contributed by atoms with van der Waals surface area (Å²) in [4.78, 5) is 28.2. The monoisotopic (exact) mass is 447 g/mol. The van der Waals surface area contributed by atoms with Crippen LogP contribution in [0.5, 0.6) is 0 Å². The average Bonchev–Trinajstić information content (AvgIpc) is 3.14. The first-order chi connectivity index (χ1) is 14.3. The number of thiophene rings is 1. The third kappa shape index (κ3) is 4.42. The van der Waals surface area contributed by atoms with Gasteiger partial charge in [0.2, 0.25) is 0 Å². The lowest BCUT2D eigenvalue weighted by Gasteiger charge is -2.08. The summed E-state index contributed by atoms with van der Waals surface area (Å²) in [6, 6.07) is 11.9. The second-order valence-electron chi connectivity index (χ2n) is 6.17. The van der Waals surface area contributed by atoms with E-state index in [1.54, 1.807) is 7.05 Å². The average molecular weight is 448 g/mol. The second kappa shape index (κ2) is 9.19. The summed E-state index contributed by atoms with van der Waals surface area (Å²) >= 11 is 2.11. The highest BCUT2D eigenvalue weighted by Crippen LogP contribution is 2.38. The Labute approximate surface area is 179 Å². The third-order valence-electron chi connectivity index (χ3n) is 4.19. The lowest BCUT2D eigenvalue weighted by Crippen LogP contribution is -2.69. The molecule has 9 heteroatoms. The molecule has 3 rings (SSSR count). The highest BCUT2D eigenvalue weighted by molar-refractivity contribution is 8.15. The van der Waals surface area contributed by atoms with E-state index >= 15 is 0 Å². The van der Waals surface area contributed by atoms with Crippen molar-refractivity contribution in [1.29, 1.82) is 0 Å². The fraction of sp³-hybridized carbons (Fsp3) is 0.0952. The van der Waals surface area contributed by atoms with Crippen LogP contribution in [0, 0.1) is 18.6 Å². The number of carboxylic acids is 1. The number of carbonyl (C=O) groups excluding carboxylic acids is 1. The molecule has 3 N–H and O–H groups in total. The van der Waals surface area contributed by atoms with Crippen LogP contribution < -0.4 is 10.3 Å². The number of hydrogen-bond donors (Lipinski definition) is 3. The fourth-order valence-corrected chi connectivity index (χ4v) is 4.41. The Bertz CT molecular complexity index is 1140. The van der Waals surface area contributed by atoms with Crippen LogP contribution in [0.2, 0.25) is 0 Å². The van der Waals surface area contributed by atoms with Gasteiger partial charge in [0.05, 0.1) is 0 Å². The maximum absolute atomic E-state index is 14.4. The van der Waals surface area contributed by atoms with Gasteiger partial charge >= 0.3 is 16.9 Å². The van der Waals surface area contributed by atoms with E-state index in [1.807, 2.05) is 30.3 Å². The number of nitrogens with one attached hydrogen (secondary N) is 2. The van der Waals surface area contributed by atoms with Gasteiger partial charge < -0.3 is 10.4 Å². The molecule has 1 aromatic heterocycles. The molecule has 2 aromatic carbocycles. The highest BCUT2D eigenvalue weighted by Gasteiger charge is 2.27. The summed E-state index contributed by atoms with van der Waals surface area (Å²) in [7, 11) is 1.58. The maximum Gasteiger partial charge on any atom is 0.339 e. The number of carboxylic acid groups (broad SMARTS) is 1. The van der Waals surface area contributed by atoms with Crippen molar-refractivity contribution < 1.29 is 28.5 Å². The lowest BCUT2D eigenvalue weighted by molar-refractivity contribution is -0.415. The minimum atomic E-state index is -1.36. The molecule has 0 bridgehead atoms. The summed E-state index contributed by atoms with van der Waals surface area (Å²) in [5, 5.41) is 13.9. The third-order valence-corrected chi connectivity index (χ3v) is 6.19. The van der Waals surface area contributed by atoms with Crippen molar-refractivity contribution in [2.45, 2.75) is 11.8 Å². The van der Waals surface area contributed by atoms with Crippen molar-refractivity contribution in [1.82, 2.24) is 0 Å². The minimum Gasteiger partial charge on any atom is -0.478 e. The van der Waals surface area contributed by atoms with Crippen LogP contribution in [0.3, 0.4) is 0 Å². The molecule has 1 heterocycles. The first-order valence-electron chi connectivity index (χ1n) is 8.72. The molecule has 0 aliphatic carbocycles. The van der Waals surface area contributed by atoms with Crippen molar-refractivity contribution in [2.75, 3.05) is 12.4 Å². The van der Waals surface area contributed by atoms with E-state index in [9.17, 15) is 23.5 Å². The van der Waals surface area contributed by atoms with Gasteiger partial charge in [0.15, 0.2) is 11.6 Å². The quantitative estimate of drug-likeness (QED) is 0.325. The summed E-state index contributed by atoms with van der Waals surface area (Å²) in [5.41, 5.74) is -0.358. The molecule has 0 atom stereocenters. The van der Waals surface area contributed by atoms with Crippen LogP contribution in [-0.4, -0.2) is 29.1 Å². The molecule has 0 aliphatic rings. The summed E-state index contributed by atoms with van der Waals surface area (Å²) in [6.45, 7) is 1.42. The van der Waals surface area contributed by atoms with Crippen LogP contribution in [0.15, 0.2) is 52.7 Å². The molecular formula is C21H17F2N2O3S2+. The van der Waals surface area contributed by atoms with E-state index in [0.717, 1.165) is 16.2 Å². The zero-order chi connectivity index (χ0) is 21.8. The number of benzene rings is 2. The summed E-state index contributed by atoms with van der Waals surface area (Å²) in [6.07, 6.45) is 0. The van der Waals surface area contributed by atoms with Gasteiger partial charge in [-0.2, -0.15) is 0 Å². The number of rotatable bonds is 4. The van der Waals surface area contributed by atoms with Crippen molar-refractivity contribution >= 4 is 45.0 Å². The van der Waals surface area contributed by atoms with Gasteiger partial charge in [-0.25, -0.2) is 18.6 Å². The van der Waals surface area contributed by atoms with E-state index in [-0.39, 0.29) is 32.3 Å². The number of halogens is 2. The maximum atomic E-state index is 14.4. The Morgan fingerprint density at radius 3 is 2.40 bits per heavy atom. The number of hydrogen-bond acceptors (Lipinski definition) is 4. The highest BCUT2D eigenvalue weighted by atomic mass is 32.2. The van der Waals surface area contributed by atoms with Crippen LogP contribution in [0.25, 0.3) is 11.1 Å². The molecule has 0 saturated heterocycles. The number of anilines is 1. The molecule has 0 unspecified atom stereocenters. The SMILES string of the molecule is C[NH+]=C(Sc1ccccc1)C(=O)Nc1scc(-c2ccc(C)c(F)c2F)c1C(=O)O. The molecule has 154 valence electrons. The topological polar surface area (TPSA) is 80.4 Å². The van der Waals surface area contributed by atoms with Crippen molar-refractivity contribution in [3.8, 4) is 11.1 Å². The number of aryl methyl sites for hydroxylation is 1. The molecule has 0 spiro atoms. The molecule has 0 aliphatic heterocycles. The van der Waals surface area contributed by atoms with Gasteiger partial charge in [-0.3, -0.25) is 4.79 Å². The first-order valence-corrected chi connectivity index (χ1v) is 10.4. The second-order valence-corrected chi connectivity index (χ2v) is 8.13. The molecule has 5 nitrogen and oxygen atoms in total. The normalized spacial score (nSPS) is 11.4. The van der Waals surface area contributed by atoms with E-state index in [1.165, 1.54) is 36.2 Å². The van der Waals surface area contributed by atoms with Crippen LogP contribution in [0.1, 0.15) is 15.9 Å². The smallest absolute Gasteiger partial charge is 0.339 e. The molecule has 3 aromatic rings. The number of thioether (sulfide) groups is 1. The van der Waals surface area contributed by atoms with E-state index in [4.69, 9.17) is 0 Å². The Kier molecular flexibility index (Phi) is 6.63. The molecule has 0 radical (unpaired) electrons. The van der Waals surface area contributed by atoms with Crippen molar-refractivity contribution in [2.24, 2.45) is 0 Å². The standard InChI is InChI=1S/C21H16F2N2O3S2/c1-11-8-9-13(17(23)16(11)22)14-10-29-19(15(14)21(27)28)25-18(26)20(24-2)30-12-6-4-3-5-7-12/h3-10H,1-2H3,(H,25,26)(H,27,28)/p+1. The molecule has 0 fully saturated rings. The van der Waals surface area contributed by atoms with Crippen LogP contribution >= 0.6 is 23.1 Å². The lowest BCUT2D eigenvalue weighted by atomic mass is 10.0. The Morgan fingerprint density at radius 2 is 1.77 bits per heavy atom. The zero-order valence-electron chi connectivity index (χ0n) is 16.0. The number of carbonyl (C=O) groups is 2. The van der Waals surface area contributed by atoms with Gasteiger partial charge in [-0.15, -0.1) is 11.3 Å². The fourth-order valence-electron chi connectivity index (χ4n) is 2.69. The van der Waals surface area contributed by atoms with Crippen LogP contribution in [0.4, 0.5) is 13.8 Å². The van der Waals surface area contributed by atoms with E-state index in [2.05, 4.69) is 10.3 Å².